The fourth-order valence-corrected chi connectivity index (χ4v) is 5.57. The number of halogens is 4. The van der Waals surface area contributed by atoms with Gasteiger partial charge in [-0.05, 0) is 75.2 Å². The number of ether oxygens (including phenoxy) is 2. The molecule has 1 aliphatic heterocycles. The number of nitrogens with one attached hydrogen (secondary N) is 2. The zero-order valence-electron chi connectivity index (χ0n) is 19.8. The van der Waals surface area contributed by atoms with Gasteiger partial charge in [-0.15, -0.1) is 0 Å². The fourth-order valence-electron chi connectivity index (χ4n) is 5.57. The Labute approximate surface area is 201 Å². The summed E-state index contributed by atoms with van der Waals surface area (Å²) >= 11 is 0. The Kier molecular flexibility index (Phi) is 6.86. The van der Waals surface area contributed by atoms with E-state index in [1.165, 1.54) is 5.56 Å². The number of hydrogen-bond donors (Lipinski definition) is 2. The van der Waals surface area contributed by atoms with Crippen molar-refractivity contribution in [3.8, 4) is 11.5 Å². The molecule has 0 aromatic heterocycles. The Balaban J connectivity index is 1.45. The van der Waals surface area contributed by atoms with E-state index in [4.69, 9.17) is 9.47 Å². The highest BCUT2D eigenvalue weighted by molar-refractivity contribution is 5.89. The van der Waals surface area contributed by atoms with E-state index in [0.29, 0.717) is 30.1 Å². The van der Waals surface area contributed by atoms with E-state index >= 15 is 0 Å². The van der Waals surface area contributed by atoms with Crippen LogP contribution in [0.25, 0.3) is 0 Å². The molecule has 0 radical (unpaired) electrons. The molecule has 190 valence electrons. The number of methoxy groups -OCH3 is 2. The number of alkyl halides is 3. The van der Waals surface area contributed by atoms with Crippen LogP contribution in [0.15, 0.2) is 36.4 Å². The van der Waals surface area contributed by atoms with Crippen molar-refractivity contribution < 1.29 is 31.8 Å². The minimum atomic E-state index is -4.79. The molecule has 2 aliphatic rings. The van der Waals surface area contributed by atoms with Crippen LogP contribution in [0.3, 0.4) is 0 Å². The van der Waals surface area contributed by atoms with Crippen molar-refractivity contribution >= 4 is 11.7 Å². The molecule has 10 heteroatoms. The minimum Gasteiger partial charge on any atom is -0.493 e. The van der Waals surface area contributed by atoms with E-state index in [-0.39, 0.29) is 23.2 Å². The normalized spacial score (nSPS) is 24.5. The third-order valence-corrected chi connectivity index (χ3v) is 7.35. The number of nitrogens with zero attached hydrogens (tertiary/aromatic N) is 1. The zero-order chi connectivity index (χ0) is 25.4. The van der Waals surface area contributed by atoms with E-state index in [0.717, 1.165) is 31.9 Å². The number of fused-ring (bicyclic) bond motifs is 1. The standard InChI is InChI=1S/C25H29F4N3O3/c1-32-11-10-24(15-4-7-20(34-2)21(12-15)35-3)9-8-17(14-22(24)32)31-23(33)30-16-5-6-18(19(26)13-16)25(27,28)29/h4-7,12-13,17,22H,8-11,14H2,1-3H3,(H2,30,31,33)/t17-,22+,24+/m1/s1. The number of likely N-dealkylation sites (N-methyl/N-ethyl adjacent to an activating group) is 1. The molecule has 3 atom stereocenters. The maximum Gasteiger partial charge on any atom is 0.419 e. The van der Waals surface area contributed by atoms with Crippen LogP contribution in [0.4, 0.5) is 28.0 Å². The molecule has 4 rings (SSSR count). The van der Waals surface area contributed by atoms with Crippen molar-refractivity contribution in [2.45, 2.75) is 49.4 Å². The van der Waals surface area contributed by atoms with E-state index in [2.05, 4.69) is 28.6 Å². The van der Waals surface area contributed by atoms with Crippen molar-refractivity contribution in [3.05, 3.63) is 53.3 Å². The van der Waals surface area contributed by atoms with Gasteiger partial charge in [0.15, 0.2) is 11.5 Å². The number of carbonyl (C=O) groups excluding carboxylic acids is 1. The Hall–Kier alpha value is -3.01. The molecular weight excluding hydrogens is 466 g/mol. The summed E-state index contributed by atoms with van der Waals surface area (Å²) in [5.74, 6) is -0.0846. The first kappa shape index (κ1) is 25.1. The van der Waals surface area contributed by atoms with E-state index in [1.807, 2.05) is 12.1 Å². The van der Waals surface area contributed by atoms with Crippen LogP contribution in [0.2, 0.25) is 0 Å². The smallest absolute Gasteiger partial charge is 0.419 e. The van der Waals surface area contributed by atoms with Gasteiger partial charge in [0, 0.05) is 23.2 Å². The first-order valence-corrected chi connectivity index (χ1v) is 11.4. The van der Waals surface area contributed by atoms with Crippen LogP contribution in [0.1, 0.15) is 36.8 Å². The molecular formula is C25H29F4N3O3. The summed E-state index contributed by atoms with van der Waals surface area (Å²) < 4.78 is 63.0. The minimum absolute atomic E-state index is 0.0403. The number of urea groups is 1. The molecule has 35 heavy (non-hydrogen) atoms. The van der Waals surface area contributed by atoms with Gasteiger partial charge in [0.05, 0.1) is 19.8 Å². The second-order valence-electron chi connectivity index (χ2n) is 9.23. The lowest BCUT2D eigenvalue weighted by atomic mass is 9.65. The first-order chi connectivity index (χ1) is 16.6. The lowest BCUT2D eigenvalue weighted by Crippen LogP contribution is -2.52. The van der Waals surface area contributed by atoms with Gasteiger partial charge in [-0.3, -0.25) is 0 Å². The molecule has 1 aliphatic carbocycles. The van der Waals surface area contributed by atoms with E-state index < -0.39 is 23.6 Å². The second-order valence-corrected chi connectivity index (χ2v) is 9.23. The monoisotopic (exact) mass is 495 g/mol. The van der Waals surface area contributed by atoms with Crippen LogP contribution < -0.4 is 20.1 Å². The van der Waals surface area contributed by atoms with Crippen molar-refractivity contribution in [1.82, 2.24) is 10.2 Å². The number of carbonyl (C=O) groups is 1. The summed E-state index contributed by atoms with van der Waals surface area (Å²) in [4.78, 5) is 14.8. The summed E-state index contributed by atoms with van der Waals surface area (Å²) in [6, 6.07) is 7.84. The molecule has 2 N–H and O–H groups in total. The van der Waals surface area contributed by atoms with Crippen LogP contribution in [-0.4, -0.2) is 50.8 Å². The summed E-state index contributed by atoms with van der Waals surface area (Å²) in [5, 5.41) is 5.36. The van der Waals surface area contributed by atoms with Crippen LogP contribution in [0.5, 0.6) is 11.5 Å². The van der Waals surface area contributed by atoms with Gasteiger partial charge in [0.2, 0.25) is 0 Å². The quantitative estimate of drug-likeness (QED) is 0.562. The zero-order valence-corrected chi connectivity index (χ0v) is 19.8. The largest absolute Gasteiger partial charge is 0.493 e. The lowest BCUT2D eigenvalue weighted by molar-refractivity contribution is -0.139. The van der Waals surface area contributed by atoms with Gasteiger partial charge in [0.1, 0.15) is 5.82 Å². The van der Waals surface area contributed by atoms with E-state index in [9.17, 15) is 22.4 Å². The second kappa shape index (κ2) is 9.56. The van der Waals surface area contributed by atoms with Gasteiger partial charge < -0.3 is 25.0 Å². The van der Waals surface area contributed by atoms with Crippen LogP contribution >= 0.6 is 0 Å². The van der Waals surface area contributed by atoms with Crippen LogP contribution in [0, 0.1) is 5.82 Å². The molecule has 0 bridgehead atoms. The highest BCUT2D eigenvalue weighted by Crippen LogP contribution is 2.49. The Morgan fingerprint density at radius 1 is 1.09 bits per heavy atom. The van der Waals surface area contributed by atoms with Gasteiger partial charge in [-0.25, -0.2) is 9.18 Å². The third kappa shape index (κ3) is 4.89. The molecule has 2 aromatic rings. The van der Waals surface area contributed by atoms with Gasteiger partial charge in [-0.2, -0.15) is 13.2 Å². The number of amides is 2. The molecule has 2 aromatic carbocycles. The number of likely N-dealkylation sites (tertiary alicyclic amines) is 1. The summed E-state index contributed by atoms with van der Waals surface area (Å²) in [5.41, 5.74) is -0.319. The number of anilines is 1. The maximum atomic E-state index is 13.8. The van der Waals surface area contributed by atoms with Crippen molar-refractivity contribution in [2.24, 2.45) is 0 Å². The average Bonchev–Trinajstić information content (AvgIpc) is 3.14. The molecule has 2 fully saturated rings. The summed E-state index contributed by atoms with van der Waals surface area (Å²) in [7, 11) is 5.28. The SMILES string of the molecule is COc1ccc([C@@]23CC[C@@H](NC(=O)Nc4ccc(C(F)(F)F)c(F)c4)C[C@@H]2N(C)CC3)cc1OC. The molecule has 1 saturated carbocycles. The number of hydrogen-bond acceptors (Lipinski definition) is 4. The van der Waals surface area contributed by atoms with Gasteiger partial charge in [-0.1, -0.05) is 6.07 Å². The number of rotatable bonds is 5. The van der Waals surface area contributed by atoms with Crippen molar-refractivity contribution in [3.63, 3.8) is 0 Å². The predicted octanol–water partition coefficient (Wildman–Crippen LogP) is 5.18. The molecule has 2 amide bonds. The lowest BCUT2D eigenvalue weighted by Gasteiger charge is -2.45. The first-order valence-electron chi connectivity index (χ1n) is 11.4. The van der Waals surface area contributed by atoms with Gasteiger partial charge >= 0.3 is 12.2 Å². The Morgan fingerprint density at radius 2 is 1.83 bits per heavy atom. The Morgan fingerprint density at radius 3 is 2.49 bits per heavy atom. The van der Waals surface area contributed by atoms with Crippen molar-refractivity contribution in [1.29, 1.82) is 0 Å². The maximum absolute atomic E-state index is 13.8. The third-order valence-electron chi connectivity index (χ3n) is 7.35. The summed E-state index contributed by atoms with van der Waals surface area (Å²) in [6.45, 7) is 0.919. The van der Waals surface area contributed by atoms with E-state index in [1.54, 1.807) is 14.2 Å². The van der Waals surface area contributed by atoms with Crippen LogP contribution in [-0.2, 0) is 11.6 Å². The topological polar surface area (TPSA) is 62.8 Å². The fraction of sp³-hybridized carbons (Fsp3) is 0.480. The molecule has 1 heterocycles. The van der Waals surface area contributed by atoms with Crippen molar-refractivity contribution in [2.75, 3.05) is 33.1 Å². The summed E-state index contributed by atoms with van der Waals surface area (Å²) in [6.07, 6.45) is -1.53. The highest BCUT2D eigenvalue weighted by Gasteiger charge is 2.50. The van der Waals surface area contributed by atoms with Gasteiger partial charge in [0.25, 0.3) is 0 Å². The Bertz CT molecular complexity index is 1090. The molecule has 1 saturated heterocycles. The predicted molar refractivity (Wildman–Crippen MR) is 123 cm³/mol. The molecule has 0 spiro atoms. The average molecular weight is 496 g/mol. The number of benzene rings is 2. The molecule has 0 unspecified atom stereocenters. The highest BCUT2D eigenvalue weighted by atomic mass is 19.4. The molecule has 6 nitrogen and oxygen atoms in total.